The third kappa shape index (κ3) is 3.26. The first-order chi connectivity index (χ1) is 12.3. The number of anilines is 1. The average molecular weight is 389 g/mol. The van der Waals surface area contributed by atoms with E-state index in [-0.39, 0.29) is 23.9 Å². The maximum atomic E-state index is 12.8. The molecule has 1 unspecified atom stereocenters. The molecule has 3 rings (SSSR count). The van der Waals surface area contributed by atoms with E-state index >= 15 is 0 Å². The fraction of sp³-hybridized carbons (Fsp3) is 0.353. The predicted octanol–water partition coefficient (Wildman–Crippen LogP) is 3.82. The predicted molar refractivity (Wildman–Crippen MR) is 89.8 cm³/mol. The third-order valence-electron chi connectivity index (χ3n) is 4.24. The number of pyridine rings is 1. The normalized spacial score (nSPS) is 17.0. The molecule has 0 spiro atoms. The van der Waals surface area contributed by atoms with Crippen LogP contribution in [0.1, 0.15) is 22.8 Å². The highest BCUT2D eigenvalue weighted by molar-refractivity contribution is 6.33. The minimum Gasteiger partial charge on any atom is -0.496 e. The number of aromatic nitrogens is 1. The molecule has 2 heterocycles. The second-order valence-electron chi connectivity index (χ2n) is 5.79. The molecular formula is C17H16ClF3N2O3. The van der Waals surface area contributed by atoms with Crippen molar-refractivity contribution in [3.8, 4) is 11.5 Å². The van der Waals surface area contributed by atoms with Gasteiger partial charge in [0.05, 0.1) is 31.4 Å². The van der Waals surface area contributed by atoms with Crippen molar-refractivity contribution in [3.63, 3.8) is 0 Å². The molecule has 0 fully saturated rings. The Morgan fingerprint density at radius 3 is 2.46 bits per heavy atom. The third-order valence-corrected chi connectivity index (χ3v) is 4.52. The highest BCUT2D eigenvalue weighted by atomic mass is 35.5. The minimum absolute atomic E-state index is 0.106. The van der Waals surface area contributed by atoms with Gasteiger partial charge in [-0.25, -0.2) is 4.98 Å². The Hall–Kier alpha value is -2.19. The maximum absolute atomic E-state index is 12.8. The Balaban J connectivity index is 2.01. The molecule has 1 aromatic carbocycles. The Labute approximate surface area is 152 Å². The number of β-amino-alcohol motifs (C(OH)–C–C–N with tert-alkyl or cyclic N) is 1. The number of aliphatic hydroxyl groups is 1. The first-order valence-corrected chi connectivity index (χ1v) is 8.03. The summed E-state index contributed by atoms with van der Waals surface area (Å²) in [4.78, 5) is 5.47. The first-order valence-electron chi connectivity index (χ1n) is 7.65. The number of halogens is 4. The summed E-state index contributed by atoms with van der Waals surface area (Å²) in [6.45, 7) is 0.361. The molecule has 26 heavy (non-hydrogen) atoms. The van der Waals surface area contributed by atoms with E-state index in [1.54, 1.807) is 17.0 Å². The Bertz CT molecular complexity index is 830. The van der Waals surface area contributed by atoms with Crippen LogP contribution in [0.3, 0.4) is 0 Å². The summed E-state index contributed by atoms with van der Waals surface area (Å²) in [6.07, 6.45) is -4.74. The van der Waals surface area contributed by atoms with Gasteiger partial charge in [0.25, 0.3) is 0 Å². The fourth-order valence-electron chi connectivity index (χ4n) is 3.06. The van der Waals surface area contributed by atoms with E-state index in [4.69, 9.17) is 21.1 Å². The second-order valence-corrected chi connectivity index (χ2v) is 6.19. The monoisotopic (exact) mass is 388 g/mol. The second kappa shape index (κ2) is 6.85. The Morgan fingerprint density at radius 2 is 1.88 bits per heavy atom. The van der Waals surface area contributed by atoms with Crippen molar-refractivity contribution in [3.05, 3.63) is 46.1 Å². The van der Waals surface area contributed by atoms with Gasteiger partial charge in [-0.1, -0.05) is 11.6 Å². The summed E-state index contributed by atoms with van der Waals surface area (Å²) in [5.74, 6) is 1.21. The van der Waals surface area contributed by atoms with Gasteiger partial charge in [-0.2, -0.15) is 13.2 Å². The highest BCUT2D eigenvalue weighted by Gasteiger charge is 2.34. The van der Waals surface area contributed by atoms with E-state index in [0.29, 0.717) is 22.6 Å². The molecule has 0 amide bonds. The van der Waals surface area contributed by atoms with Gasteiger partial charge >= 0.3 is 6.18 Å². The number of hydrogen-bond donors (Lipinski definition) is 1. The first kappa shape index (κ1) is 18.6. The summed E-state index contributed by atoms with van der Waals surface area (Å²) in [5, 5.41) is 10.4. The van der Waals surface area contributed by atoms with Gasteiger partial charge in [-0.3, -0.25) is 0 Å². The molecule has 1 aromatic heterocycles. The van der Waals surface area contributed by atoms with Gasteiger partial charge in [-0.05, 0) is 18.2 Å². The van der Waals surface area contributed by atoms with Crippen LogP contribution < -0.4 is 14.4 Å². The zero-order chi connectivity index (χ0) is 19.1. The van der Waals surface area contributed by atoms with Crippen LogP contribution in [0, 0.1) is 0 Å². The Kier molecular flexibility index (Phi) is 4.90. The van der Waals surface area contributed by atoms with Crippen molar-refractivity contribution < 1.29 is 27.8 Å². The number of methoxy groups -OCH3 is 2. The van der Waals surface area contributed by atoms with Crippen LogP contribution in [0.15, 0.2) is 24.4 Å². The van der Waals surface area contributed by atoms with E-state index in [1.165, 1.54) is 14.2 Å². The molecule has 9 heteroatoms. The lowest BCUT2D eigenvalue weighted by Crippen LogP contribution is -2.35. The molecule has 1 N–H and O–H groups in total. The van der Waals surface area contributed by atoms with Crippen LogP contribution >= 0.6 is 11.6 Å². The van der Waals surface area contributed by atoms with Crippen LogP contribution in [0.5, 0.6) is 11.5 Å². The minimum atomic E-state index is -4.53. The lowest BCUT2D eigenvalue weighted by Gasteiger charge is -2.35. The van der Waals surface area contributed by atoms with Crippen LogP contribution in [0.4, 0.5) is 19.0 Å². The van der Waals surface area contributed by atoms with Crippen molar-refractivity contribution >= 4 is 17.4 Å². The SMILES string of the molecule is COc1ccc(OC)c2c1CN(c1ncc(C(F)(F)F)cc1Cl)CC2O. The van der Waals surface area contributed by atoms with E-state index < -0.39 is 17.8 Å². The zero-order valence-electron chi connectivity index (χ0n) is 14.0. The smallest absolute Gasteiger partial charge is 0.417 e. The van der Waals surface area contributed by atoms with E-state index in [0.717, 1.165) is 12.3 Å². The van der Waals surface area contributed by atoms with E-state index in [1.807, 2.05) is 0 Å². The molecule has 0 bridgehead atoms. The Morgan fingerprint density at radius 1 is 1.23 bits per heavy atom. The molecule has 1 atom stereocenters. The number of rotatable bonds is 3. The topological polar surface area (TPSA) is 54.8 Å². The number of aliphatic hydroxyl groups excluding tert-OH is 1. The lowest BCUT2D eigenvalue weighted by atomic mass is 9.95. The lowest BCUT2D eigenvalue weighted by molar-refractivity contribution is -0.137. The molecule has 1 aliphatic rings. The fourth-order valence-corrected chi connectivity index (χ4v) is 3.34. The standard InChI is InChI=1S/C17H16ClF3N2O3/c1-25-13-3-4-14(26-2)15-10(13)7-23(8-12(15)24)16-11(18)5-9(6-22-16)17(19,20)21/h3-6,12,24H,7-8H2,1-2H3. The van der Waals surface area contributed by atoms with Crippen molar-refractivity contribution in [2.45, 2.75) is 18.8 Å². The van der Waals surface area contributed by atoms with Crippen LogP contribution in [-0.4, -0.2) is 30.9 Å². The summed E-state index contributed by atoms with van der Waals surface area (Å²) < 4.78 is 49.0. The van der Waals surface area contributed by atoms with Crippen molar-refractivity contribution in [2.75, 3.05) is 25.7 Å². The molecule has 1 aliphatic heterocycles. The van der Waals surface area contributed by atoms with Crippen molar-refractivity contribution in [2.24, 2.45) is 0 Å². The van der Waals surface area contributed by atoms with Crippen LogP contribution in [-0.2, 0) is 12.7 Å². The average Bonchev–Trinajstić information content (AvgIpc) is 2.59. The molecule has 0 aliphatic carbocycles. The molecule has 5 nitrogen and oxygen atoms in total. The number of fused-ring (bicyclic) bond motifs is 1. The van der Waals surface area contributed by atoms with E-state index in [9.17, 15) is 18.3 Å². The maximum Gasteiger partial charge on any atom is 0.417 e. The molecule has 0 radical (unpaired) electrons. The summed E-state index contributed by atoms with van der Waals surface area (Å²) in [7, 11) is 2.99. The molecule has 0 saturated heterocycles. The number of hydrogen-bond acceptors (Lipinski definition) is 5. The van der Waals surface area contributed by atoms with Crippen LogP contribution in [0.25, 0.3) is 0 Å². The van der Waals surface area contributed by atoms with E-state index in [2.05, 4.69) is 4.98 Å². The van der Waals surface area contributed by atoms with Gasteiger partial charge in [0, 0.05) is 23.9 Å². The van der Waals surface area contributed by atoms with Gasteiger partial charge < -0.3 is 19.5 Å². The van der Waals surface area contributed by atoms with Gasteiger partial charge in [0.1, 0.15) is 23.4 Å². The van der Waals surface area contributed by atoms with Gasteiger partial charge in [-0.15, -0.1) is 0 Å². The molecular weight excluding hydrogens is 373 g/mol. The summed E-state index contributed by atoms with van der Waals surface area (Å²) in [6, 6.07) is 4.23. The number of nitrogens with zero attached hydrogens (tertiary/aromatic N) is 2. The molecule has 2 aromatic rings. The van der Waals surface area contributed by atoms with Gasteiger partial charge in [0.15, 0.2) is 0 Å². The highest BCUT2D eigenvalue weighted by Crippen LogP contribution is 2.42. The molecule has 140 valence electrons. The van der Waals surface area contributed by atoms with Crippen molar-refractivity contribution in [1.82, 2.24) is 4.98 Å². The zero-order valence-corrected chi connectivity index (χ0v) is 14.7. The number of alkyl halides is 3. The largest absolute Gasteiger partial charge is 0.496 e. The number of benzene rings is 1. The van der Waals surface area contributed by atoms with Crippen molar-refractivity contribution in [1.29, 1.82) is 0 Å². The number of ether oxygens (including phenoxy) is 2. The summed E-state index contributed by atoms with van der Waals surface area (Å²) >= 11 is 6.03. The van der Waals surface area contributed by atoms with Crippen LogP contribution in [0.2, 0.25) is 5.02 Å². The quantitative estimate of drug-likeness (QED) is 0.866. The van der Waals surface area contributed by atoms with Gasteiger partial charge in [0.2, 0.25) is 0 Å². The summed E-state index contributed by atoms with van der Waals surface area (Å²) in [5.41, 5.74) is 0.331. The molecule has 0 saturated carbocycles.